The number of hydrogen-bond acceptors (Lipinski definition) is 3. The molecule has 0 radical (unpaired) electrons. The highest BCUT2D eigenvalue weighted by Gasteiger charge is 2.31. The van der Waals surface area contributed by atoms with E-state index in [0.717, 1.165) is 22.5 Å². The molecule has 0 aliphatic rings. The number of sulfonamides is 1. The zero-order chi connectivity index (χ0) is 15.7. The third kappa shape index (κ3) is 3.16. The highest BCUT2D eigenvalue weighted by atomic mass is 32.2. The summed E-state index contributed by atoms with van der Waals surface area (Å²) < 4.78 is 39.3. The van der Waals surface area contributed by atoms with Crippen molar-refractivity contribution in [3.63, 3.8) is 0 Å². The van der Waals surface area contributed by atoms with Crippen LogP contribution in [0.2, 0.25) is 0 Å². The van der Waals surface area contributed by atoms with E-state index in [1.165, 1.54) is 7.05 Å². The van der Waals surface area contributed by atoms with Crippen LogP contribution in [-0.2, 0) is 10.0 Å². The van der Waals surface area contributed by atoms with Crippen LogP contribution >= 0.6 is 0 Å². The van der Waals surface area contributed by atoms with E-state index in [1.807, 2.05) is 13.8 Å². The second-order valence-electron chi connectivity index (χ2n) is 4.95. The molecule has 5 nitrogen and oxygen atoms in total. The van der Waals surface area contributed by atoms with Crippen molar-refractivity contribution >= 4 is 16.0 Å². The summed E-state index contributed by atoms with van der Waals surface area (Å²) in [5.74, 6) is -2.16. The molecule has 0 spiro atoms. The minimum atomic E-state index is -4.07. The molecule has 112 valence electrons. The maximum absolute atomic E-state index is 13.3. The lowest BCUT2D eigenvalue weighted by molar-refractivity contribution is 0.0692. The standard InChI is InChI=1S/C13H18FNO4S/c1-8(2)9(3)15(4)20(18,19)12-7-10(14)5-6-11(12)13(16)17/h5-9H,1-4H3,(H,16,17). The van der Waals surface area contributed by atoms with E-state index in [0.29, 0.717) is 0 Å². The lowest BCUT2D eigenvalue weighted by Gasteiger charge is -2.27. The van der Waals surface area contributed by atoms with Crippen molar-refractivity contribution in [3.05, 3.63) is 29.6 Å². The van der Waals surface area contributed by atoms with Gasteiger partial charge in [-0.2, -0.15) is 4.31 Å². The summed E-state index contributed by atoms with van der Waals surface area (Å²) in [5.41, 5.74) is -0.436. The molecule has 0 aliphatic carbocycles. The molecule has 0 saturated heterocycles. The van der Waals surface area contributed by atoms with Crippen molar-refractivity contribution in [1.29, 1.82) is 0 Å². The molecular weight excluding hydrogens is 285 g/mol. The lowest BCUT2D eigenvalue weighted by atomic mass is 10.1. The molecule has 0 bridgehead atoms. The van der Waals surface area contributed by atoms with Gasteiger partial charge in [-0.1, -0.05) is 13.8 Å². The van der Waals surface area contributed by atoms with Gasteiger partial charge in [0.15, 0.2) is 0 Å². The van der Waals surface area contributed by atoms with E-state index < -0.39 is 32.3 Å². The van der Waals surface area contributed by atoms with Crippen LogP contribution in [0.15, 0.2) is 23.1 Å². The van der Waals surface area contributed by atoms with Gasteiger partial charge in [-0.25, -0.2) is 17.6 Å². The summed E-state index contributed by atoms with van der Waals surface area (Å²) >= 11 is 0. The van der Waals surface area contributed by atoms with Gasteiger partial charge in [0.1, 0.15) is 5.82 Å². The summed E-state index contributed by atoms with van der Waals surface area (Å²) in [5, 5.41) is 9.04. The van der Waals surface area contributed by atoms with Crippen molar-refractivity contribution in [2.45, 2.75) is 31.7 Å². The fourth-order valence-electron chi connectivity index (χ4n) is 1.68. The van der Waals surface area contributed by atoms with Gasteiger partial charge < -0.3 is 5.11 Å². The zero-order valence-electron chi connectivity index (χ0n) is 11.8. The third-order valence-electron chi connectivity index (χ3n) is 3.37. The number of rotatable bonds is 5. The number of carboxylic acids is 1. The van der Waals surface area contributed by atoms with Crippen LogP contribution in [0.5, 0.6) is 0 Å². The Labute approximate surface area is 118 Å². The molecular formula is C13H18FNO4S. The van der Waals surface area contributed by atoms with Gasteiger partial charge in [0, 0.05) is 13.1 Å². The predicted molar refractivity (Wildman–Crippen MR) is 72.6 cm³/mol. The smallest absolute Gasteiger partial charge is 0.337 e. The van der Waals surface area contributed by atoms with Gasteiger partial charge >= 0.3 is 5.97 Å². The first-order valence-electron chi connectivity index (χ1n) is 6.10. The van der Waals surface area contributed by atoms with E-state index >= 15 is 0 Å². The molecule has 0 aliphatic heterocycles. The lowest BCUT2D eigenvalue weighted by Crippen LogP contribution is -2.38. The first-order valence-corrected chi connectivity index (χ1v) is 7.54. The van der Waals surface area contributed by atoms with Crippen LogP contribution in [0.1, 0.15) is 31.1 Å². The first kappa shape index (κ1) is 16.6. The normalized spacial score (nSPS) is 13.8. The Bertz CT molecular complexity index is 613. The van der Waals surface area contributed by atoms with Gasteiger partial charge in [-0.05, 0) is 31.0 Å². The second kappa shape index (κ2) is 5.88. The summed E-state index contributed by atoms with van der Waals surface area (Å²) in [7, 11) is -2.71. The van der Waals surface area contributed by atoms with Crippen molar-refractivity contribution in [3.8, 4) is 0 Å². The molecule has 1 aromatic rings. The van der Waals surface area contributed by atoms with Crippen LogP contribution in [-0.4, -0.2) is 36.9 Å². The molecule has 0 fully saturated rings. The average molecular weight is 303 g/mol. The number of nitrogens with zero attached hydrogens (tertiary/aromatic N) is 1. The minimum absolute atomic E-state index is 0.0385. The topological polar surface area (TPSA) is 74.7 Å². The molecule has 0 aromatic heterocycles. The number of benzene rings is 1. The Morgan fingerprint density at radius 1 is 1.30 bits per heavy atom. The Balaban J connectivity index is 3.42. The number of hydrogen-bond donors (Lipinski definition) is 1. The van der Waals surface area contributed by atoms with Gasteiger partial charge in [-0.3, -0.25) is 0 Å². The maximum atomic E-state index is 13.3. The van der Waals surface area contributed by atoms with Crippen LogP contribution in [0.4, 0.5) is 4.39 Å². The molecule has 1 unspecified atom stereocenters. The predicted octanol–water partition coefficient (Wildman–Crippen LogP) is 2.19. The molecule has 20 heavy (non-hydrogen) atoms. The monoisotopic (exact) mass is 303 g/mol. The highest BCUT2D eigenvalue weighted by Crippen LogP contribution is 2.24. The molecule has 0 heterocycles. The molecule has 0 amide bonds. The molecule has 1 aromatic carbocycles. The van der Waals surface area contributed by atoms with E-state index in [9.17, 15) is 17.6 Å². The number of carboxylic acid groups (broad SMARTS) is 1. The van der Waals surface area contributed by atoms with Gasteiger partial charge in [0.25, 0.3) is 0 Å². The summed E-state index contributed by atoms with van der Waals surface area (Å²) in [4.78, 5) is 10.6. The number of halogens is 1. The average Bonchev–Trinajstić information content (AvgIpc) is 2.36. The SMILES string of the molecule is CC(C)C(C)N(C)S(=O)(=O)c1cc(F)ccc1C(=O)O. The fraction of sp³-hybridized carbons (Fsp3) is 0.462. The zero-order valence-corrected chi connectivity index (χ0v) is 12.6. The summed E-state index contributed by atoms with van der Waals surface area (Å²) in [6, 6.07) is 2.28. The van der Waals surface area contributed by atoms with Crippen molar-refractivity contribution in [2.24, 2.45) is 5.92 Å². The highest BCUT2D eigenvalue weighted by molar-refractivity contribution is 7.89. The Kier molecular flexibility index (Phi) is 4.88. The first-order chi connectivity index (χ1) is 9.09. The van der Waals surface area contributed by atoms with Gasteiger partial charge in [0.05, 0.1) is 10.5 Å². The Morgan fingerprint density at radius 3 is 2.30 bits per heavy atom. The summed E-state index contributed by atoms with van der Waals surface area (Å²) in [6.45, 7) is 5.41. The largest absolute Gasteiger partial charge is 0.478 e. The summed E-state index contributed by atoms with van der Waals surface area (Å²) in [6.07, 6.45) is 0. The van der Waals surface area contributed by atoms with Crippen molar-refractivity contribution < 1.29 is 22.7 Å². The Hall–Kier alpha value is -1.47. The quantitative estimate of drug-likeness (QED) is 0.904. The number of aromatic carboxylic acids is 1. The maximum Gasteiger partial charge on any atom is 0.337 e. The van der Waals surface area contributed by atoms with Crippen molar-refractivity contribution in [2.75, 3.05) is 7.05 Å². The van der Waals surface area contributed by atoms with E-state index in [4.69, 9.17) is 5.11 Å². The van der Waals surface area contributed by atoms with Crippen LogP contribution < -0.4 is 0 Å². The fourth-order valence-corrected chi connectivity index (χ4v) is 3.37. The van der Waals surface area contributed by atoms with E-state index in [1.54, 1.807) is 6.92 Å². The van der Waals surface area contributed by atoms with Crippen LogP contribution in [0.3, 0.4) is 0 Å². The molecule has 0 saturated carbocycles. The third-order valence-corrected chi connectivity index (χ3v) is 5.35. The second-order valence-corrected chi connectivity index (χ2v) is 6.92. The number of carbonyl (C=O) groups is 1. The molecule has 1 atom stereocenters. The van der Waals surface area contributed by atoms with Gasteiger partial charge in [-0.15, -0.1) is 0 Å². The van der Waals surface area contributed by atoms with E-state index in [2.05, 4.69) is 0 Å². The van der Waals surface area contributed by atoms with Crippen LogP contribution in [0.25, 0.3) is 0 Å². The molecule has 1 N–H and O–H groups in total. The molecule has 7 heteroatoms. The van der Waals surface area contributed by atoms with Crippen molar-refractivity contribution in [1.82, 2.24) is 4.31 Å². The van der Waals surface area contributed by atoms with E-state index in [-0.39, 0.29) is 12.0 Å². The minimum Gasteiger partial charge on any atom is -0.478 e. The van der Waals surface area contributed by atoms with Gasteiger partial charge in [0.2, 0.25) is 10.0 Å². The Morgan fingerprint density at radius 2 is 1.85 bits per heavy atom. The van der Waals surface area contributed by atoms with Crippen LogP contribution in [0, 0.1) is 11.7 Å². The molecule has 1 rings (SSSR count).